The highest BCUT2D eigenvalue weighted by molar-refractivity contribution is 6.07. The quantitative estimate of drug-likeness (QED) is 0.795. The van der Waals surface area contributed by atoms with E-state index in [9.17, 15) is 9.59 Å². The zero-order valence-corrected chi connectivity index (χ0v) is 14.0. The number of rotatable bonds is 6. The smallest absolute Gasteiger partial charge is 0.253 e. The lowest BCUT2D eigenvalue weighted by molar-refractivity contribution is -0.111. The lowest BCUT2D eigenvalue weighted by atomic mass is 10.1. The number of para-hydroxylation sites is 1. The van der Waals surface area contributed by atoms with Crippen LogP contribution in [0.15, 0.2) is 54.6 Å². The largest absolute Gasteiger partial charge is 0.352 e. The monoisotopic (exact) mass is 333 g/mol. The first kappa shape index (κ1) is 18.0. The van der Waals surface area contributed by atoms with Gasteiger partial charge >= 0.3 is 0 Å². The van der Waals surface area contributed by atoms with Crippen LogP contribution >= 0.6 is 0 Å². The average molecular weight is 333 g/mol. The van der Waals surface area contributed by atoms with Crippen molar-refractivity contribution in [3.63, 3.8) is 0 Å². The Morgan fingerprint density at radius 1 is 1.12 bits per heavy atom. The summed E-state index contributed by atoms with van der Waals surface area (Å²) in [5.41, 5.74) is 2.26. The highest BCUT2D eigenvalue weighted by atomic mass is 16.2. The van der Waals surface area contributed by atoms with Crippen LogP contribution in [0.2, 0.25) is 0 Å². The maximum atomic E-state index is 12.1. The van der Waals surface area contributed by atoms with E-state index >= 15 is 0 Å². The zero-order chi connectivity index (χ0) is 18.1. The molecular formula is C20H19N3O2. The molecule has 2 aromatic carbocycles. The number of hydrogen-bond acceptors (Lipinski definition) is 3. The molecule has 2 aromatic rings. The SMILES string of the molecule is CCCNC(=O)c1ccccc1NC(=O)/C=C/c1ccc(C#N)cc1. The Kier molecular flexibility index (Phi) is 6.49. The molecule has 0 aliphatic rings. The minimum Gasteiger partial charge on any atom is -0.352 e. The summed E-state index contributed by atoms with van der Waals surface area (Å²) < 4.78 is 0. The van der Waals surface area contributed by atoms with Crippen molar-refractivity contribution in [2.24, 2.45) is 0 Å². The van der Waals surface area contributed by atoms with Crippen LogP contribution in [0.25, 0.3) is 6.08 Å². The molecule has 5 nitrogen and oxygen atoms in total. The Labute approximate surface area is 147 Å². The van der Waals surface area contributed by atoms with E-state index in [-0.39, 0.29) is 11.8 Å². The number of hydrogen-bond donors (Lipinski definition) is 2. The number of nitrogens with zero attached hydrogens (tertiary/aromatic N) is 1. The number of amides is 2. The maximum absolute atomic E-state index is 12.1. The second kappa shape index (κ2) is 9.04. The van der Waals surface area contributed by atoms with E-state index in [1.54, 1.807) is 54.6 Å². The van der Waals surface area contributed by atoms with Gasteiger partial charge in [-0.05, 0) is 42.3 Å². The van der Waals surface area contributed by atoms with Gasteiger partial charge in [0.25, 0.3) is 5.91 Å². The van der Waals surface area contributed by atoms with Crippen molar-refractivity contribution in [3.8, 4) is 6.07 Å². The van der Waals surface area contributed by atoms with Crippen molar-refractivity contribution < 1.29 is 9.59 Å². The molecule has 0 fully saturated rings. The van der Waals surface area contributed by atoms with Gasteiger partial charge in [0.05, 0.1) is 22.9 Å². The highest BCUT2D eigenvalue weighted by Gasteiger charge is 2.11. The van der Waals surface area contributed by atoms with Crippen LogP contribution in [0.5, 0.6) is 0 Å². The summed E-state index contributed by atoms with van der Waals surface area (Å²) in [7, 11) is 0. The van der Waals surface area contributed by atoms with Gasteiger partial charge in [0.1, 0.15) is 0 Å². The summed E-state index contributed by atoms with van der Waals surface area (Å²) >= 11 is 0. The molecule has 0 heterocycles. The predicted octanol–water partition coefficient (Wildman–Crippen LogP) is 3.35. The average Bonchev–Trinajstić information content (AvgIpc) is 2.65. The highest BCUT2D eigenvalue weighted by Crippen LogP contribution is 2.15. The summed E-state index contributed by atoms with van der Waals surface area (Å²) in [5, 5.41) is 14.3. The van der Waals surface area contributed by atoms with Gasteiger partial charge in [-0.25, -0.2) is 0 Å². The van der Waals surface area contributed by atoms with Crippen molar-refractivity contribution >= 4 is 23.6 Å². The van der Waals surface area contributed by atoms with E-state index in [2.05, 4.69) is 10.6 Å². The van der Waals surface area contributed by atoms with E-state index in [1.165, 1.54) is 6.08 Å². The van der Waals surface area contributed by atoms with Crippen LogP contribution in [0.3, 0.4) is 0 Å². The van der Waals surface area contributed by atoms with Gasteiger partial charge in [-0.3, -0.25) is 9.59 Å². The summed E-state index contributed by atoms with van der Waals surface area (Å²) in [6.45, 7) is 2.56. The number of carbonyl (C=O) groups is 2. The van der Waals surface area contributed by atoms with Gasteiger partial charge in [-0.1, -0.05) is 31.2 Å². The van der Waals surface area contributed by atoms with Gasteiger partial charge in [-0.2, -0.15) is 5.26 Å². The van der Waals surface area contributed by atoms with Gasteiger partial charge < -0.3 is 10.6 Å². The Bertz CT molecular complexity index is 818. The van der Waals surface area contributed by atoms with E-state index < -0.39 is 0 Å². The van der Waals surface area contributed by atoms with Crippen LogP contribution in [0.4, 0.5) is 5.69 Å². The molecule has 0 radical (unpaired) electrons. The van der Waals surface area contributed by atoms with Gasteiger partial charge in [-0.15, -0.1) is 0 Å². The van der Waals surface area contributed by atoms with Gasteiger partial charge in [0.15, 0.2) is 0 Å². The standard InChI is InChI=1S/C20H19N3O2/c1-2-13-22-20(25)17-5-3-4-6-18(17)23-19(24)12-11-15-7-9-16(14-21)10-8-15/h3-12H,2,13H2,1H3,(H,22,25)(H,23,24)/b12-11+. The number of anilines is 1. The second-order valence-electron chi connectivity index (χ2n) is 5.36. The fourth-order valence-corrected chi connectivity index (χ4v) is 2.14. The minimum absolute atomic E-state index is 0.214. The fourth-order valence-electron chi connectivity index (χ4n) is 2.14. The van der Waals surface area contributed by atoms with Crippen molar-refractivity contribution in [2.45, 2.75) is 13.3 Å². The molecule has 126 valence electrons. The molecular weight excluding hydrogens is 314 g/mol. The molecule has 5 heteroatoms. The van der Waals surface area contributed by atoms with E-state index in [4.69, 9.17) is 5.26 Å². The molecule has 0 aliphatic carbocycles. The molecule has 0 atom stereocenters. The van der Waals surface area contributed by atoms with Crippen LogP contribution in [0.1, 0.15) is 34.8 Å². The molecule has 0 aromatic heterocycles. The van der Waals surface area contributed by atoms with E-state index in [0.717, 1.165) is 12.0 Å². The topological polar surface area (TPSA) is 82.0 Å². The van der Waals surface area contributed by atoms with Crippen molar-refractivity contribution in [2.75, 3.05) is 11.9 Å². The third-order valence-electron chi connectivity index (χ3n) is 3.43. The number of carbonyl (C=O) groups excluding carboxylic acids is 2. The molecule has 25 heavy (non-hydrogen) atoms. The Morgan fingerprint density at radius 2 is 1.84 bits per heavy atom. The van der Waals surface area contributed by atoms with Gasteiger partial charge in [0.2, 0.25) is 5.91 Å². The molecule has 2 N–H and O–H groups in total. The summed E-state index contributed by atoms with van der Waals surface area (Å²) in [6.07, 6.45) is 3.88. The van der Waals surface area contributed by atoms with Crippen LogP contribution < -0.4 is 10.6 Å². The molecule has 2 amide bonds. The molecule has 0 aliphatic heterocycles. The molecule has 0 spiro atoms. The van der Waals surface area contributed by atoms with Crippen molar-refractivity contribution in [1.29, 1.82) is 5.26 Å². The zero-order valence-electron chi connectivity index (χ0n) is 14.0. The first-order chi connectivity index (χ1) is 12.1. The van der Waals surface area contributed by atoms with Crippen molar-refractivity contribution in [3.05, 3.63) is 71.3 Å². The van der Waals surface area contributed by atoms with Crippen LogP contribution in [-0.4, -0.2) is 18.4 Å². The normalized spacial score (nSPS) is 10.2. The minimum atomic E-state index is -0.333. The van der Waals surface area contributed by atoms with Crippen LogP contribution in [-0.2, 0) is 4.79 Å². The van der Waals surface area contributed by atoms with E-state index in [1.807, 2.05) is 13.0 Å². The molecule has 0 bridgehead atoms. The maximum Gasteiger partial charge on any atom is 0.253 e. The van der Waals surface area contributed by atoms with Crippen molar-refractivity contribution in [1.82, 2.24) is 5.32 Å². The predicted molar refractivity (Wildman–Crippen MR) is 97.9 cm³/mol. The molecule has 0 unspecified atom stereocenters. The number of nitrogens with one attached hydrogen (secondary N) is 2. The fraction of sp³-hybridized carbons (Fsp3) is 0.150. The summed E-state index contributed by atoms with van der Waals surface area (Å²) in [6, 6.07) is 15.8. The van der Waals surface area contributed by atoms with Gasteiger partial charge in [0, 0.05) is 12.6 Å². The third kappa shape index (κ3) is 5.33. The Balaban J connectivity index is 2.06. The van der Waals surface area contributed by atoms with Crippen LogP contribution in [0, 0.1) is 11.3 Å². The second-order valence-corrected chi connectivity index (χ2v) is 5.36. The molecule has 0 saturated carbocycles. The third-order valence-corrected chi connectivity index (χ3v) is 3.43. The summed E-state index contributed by atoms with van der Waals surface area (Å²) in [5.74, 6) is -0.547. The molecule has 2 rings (SSSR count). The number of nitriles is 1. The first-order valence-electron chi connectivity index (χ1n) is 8.00. The Morgan fingerprint density at radius 3 is 2.52 bits per heavy atom. The molecule has 0 saturated heterocycles. The first-order valence-corrected chi connectivity index (χ1v) is 8.00. The number of benzene rings is 2. The van der Waals surface area contributed by atoms with E-state index in [0.29, 0.717) is 23.4 Å². The lowest BCUT2D eigenvalue weighted by Gasteiger charge is -2.09. The summed E-state index contributed by atoms with van der Waals surface area (Å²) in [4.78, 5) is 24.3. The lowest BCUT2D eigenvalue weighted by Crippen LogP contribution is -2.25. The Hall–Kier alpha value is -3.39.